The maximum absolute atomic E-state index is 11.5. The molecule has 1 N–H and O–H groups in total. The zero-order chi connectivity index (χ0) is 13.1. The Morgan fingerprint density at radius 3 is 2.72 bits per heavy atom. The van der Waals surface area contributed by atoms with Gasteiger partial charge in [-0.15, -0.1) is 0 Å². The minimum atomic E-state index is -0.282. The number of Topliss-reactive ketones (excluding diaryl/α,β-unsaturated/α-hetero) is 1. The average Bonchev–Trinajstić information content (AvgIpc) is 2.71. The molecule has 4 nitrogen and oxygen atoms in total. The van der Waals surface area contributed by atoms with E-state index < -0.39 is 0 Å². The number of para-hydroxylation sites is 1. The fraction of sp³-hybridized carbons (Fsp3) is 0.286. The van der Waals surface area contributed by atoms with Crippen molar-refractivity contribution in [3.63, 3.8) is 0 Å². The lowest BCUT2D eigenvalue weighted by Gasteiger charge is -2.10. The second-order valence-corrected chi connectivity index (χ2v) is 4.35. The number of hydrogen-bond donors (Lipinski definition) is 1. The Morgan fingerprint density at radius 1 is 1.33 bits per heavy atom. The zero-order valence-corrected chi connectivity index (χ0v) is 10.4. The molecule has 18 heavy (non-hydrogen) atoms. The molecule has 1 heterocycles. The number of rotatable bonds is 4. The van der Waals surface area contributed by atoms with Gasteiger partial charge >= 0.3 is 0 Å². The predicted octanol–water partition coefficient (Wildman–Crippen LogP) is 2.59. The lowest BCUT2D eigenvalue weighted by molar-refractivity contribution is -0.127. The number of furan rings is 1. The summed E-state index contributed by atoms with van der Waals surface area (Å²) in [7, 11) is 0. The summed E-state index contributed by atoms with van der Waals surface area (Å²) in [6.07, 6.45) is -0.0927. The predicted molar refractivity (Wildman–Crippen MR) is 68.1 cm³/mol. The van der Waals surface area contributed by atoms with Gasteiger partial charge in [-0.2, -0.15) is 0 Å². The zero-order valence-electron chi connectivity index (χ0n) is 10.4. The molecule has 0 aliphatic carbocycles. The smallest absolute Gasteiger partial charge is 0.228 e. The molecule has 0 bridgehead atoms. The summed E-state index contributed by atoms with van der Waals surface area (Å²) in [6.45, 7) is 3.22. The van der Waals surface area contributed by atoms with E-state index in [1.807, 2.05) is 37.3 Å². The van der Waals surface area contributed by atoms with Crippen LogP contribution in [0.15, 0.2) is 34.7 Å². The minimum Gasteiger partial charge on any atom is -0.459 e. The van der Waals surface area contributed by atoms with Gasteiger partial charge < -0.3 is 9.73 Å². The largest absolute Gasteiger partial charge is 0.459 e. The van der Waals surface area contributed by atoms with Gasteiger partial charge in [-0.3, -0.25) is 9.59 Å². The highest BCUT2D eigenvalue weighted by Crippen LogP contribution is 2.23. The maximum atomic E-state index is 11.5. The van der Waals surface area contributed by atoms with Gasteiger partial charge in [0, 0.05) is 5.39 Å². The van der Waals surface area contributed by atoms with Crippen LogP contribution in [0.4, 0.5) is 0 Å². The number of amides is 1. The van der Waals surface area contributed by atoms with Crippen molar-refractivity contribution in [2.24, 2.45) is 0 Å². The van der Waals surface area contributed by atoms with Gasteiger partial charge in [0.25, 0.3) is 0 Å². The van der Waals surface area contributed by atoms with E-state index in [0.29, 0.717) is 5.76 Å². The maximum Gasteiger partial charge on any atom is 0.228 e. The first-order valence-electron chi connectivity index (χ1n) is 5.83. The number of benzene rings is 1. The number of fused-ring (bicyclic) bond motifs is 1. The quantitative estimate of drug-likeness (QED) is 0.842. The Hall–Kier alpha value is -2.10. The van der Waals surface area contributed by atoms with E-state index in [1.54, 1.807) is 0 Å². The molecule has 0 saturated heterocycles. The molecule has 1 aromatic carbocycles. The molecule has 0 spiro atoms. The highest BCUT2D eigenvalue weighted by Gasteiger charge is 2.14. The van der Waals surface area contributed by atoms with Gasteiger partial charge in [0.1, 0.15) is 17.1 Å². The SMILES string of the molecule is CC(=O)CC(=O)NC(C)c1cc2ccccc2o1. The van der Waals surface area contributed by atoms with Crippen LogP contribution in [0, 0.1) is 0 Å². The molecule has 0 aliphatic heterocycles. The van der Waals surface area contributed by atoms with Crippen LogP contribution in [0.1, 0.15) is 32.1 Å². The second kappa shape index (κ2) is 5.04. The van der Waals surface area contributed by atoms with Crippen molar-refractivity contribution in [2.75, 3.05) is 0 Å². The summed E-state index contributed by atoms with van der Waals surface area (Å²) in [5, 5.41) is 3.74. The molecular weight excluding hydrogens is 230 g/mol. The summed E-state index contributed by atoms with van der Waals surface area (Å²) < 4.78 is 5.64. The third kappa shape index (κ3) is 2.77. The van der Waals surface area contributed by atoms with E-state index in [0.717, 1.165) is 11.0 Å². The molecule has 1 aromatic heterocycles. The van der Waals surface area contributed by atoms with Gasteiger partial charge in [-0.25, -0.2) is 0 Å². The second-order valence-electron chi connectivity index (χ2n) is 4.35. The summed E-state index contributed by atoms with van der Waals surface area (Å²) in [6, 6.07) is 9.31. The topological polar surface area (TPSA) is 59.3 Å². The molecule has 4 heteroatoms. The van der Waals surface area contributed by atoms with E-state index in [-0.39, 0.29) is 24.2 Å². The first-order chi connectivity index (χ1) is 8.56. The summed E-state index contributed by atoms with van der Waals surface area (Å²) in [5.41, 5.74) is 0.792. The standard InChI is InChI=1S/C14H15NO3/c1-9(16)7-14(17)15-10(2)13-8-11-5-3-4-6-12(11)18-13/h3-6,8,10H,7H2,1-2H3,(H,15,17). The Bertz CT molecular complexity index is 552. The first-order valence-corrected chi connectivity index (χ1v) is 5.83. The summed E-state index contributed by atoms with van der Waals surface area (Å²) in [4.78, 5) is 22.3. The summed E-state index contributed by atoms with van der Waals surface area (Å²) in [5.74, 6) is 0.257. The van der Waals surface area contributed by atoms with E-state index in [1.165, 1.54) is 6.92 Å². The highest BCUT2D eigenvalue weighted by atomic mass is 16.3. The number of carbonyl (C=O) groups excluding carboxylic acids is 2. The molecule has 2 aromatic rings. The van der Waals surface area contributed by atoms with E-state index in [9.17, 15) is 9.59 Å². The van der Waals surface area contributed by atoms with Crippen LogP contribution < -0.4 is 5.32 Å². The van der Waals surface area contributed by atoms with Crippen molar-refractivity contribution < 1.29 is 14.0 Å². The third-order valence-corrected chi connectivity index (χ3v) is 2.66. The van der Waals surface area contributed by atoms with Gasteiger partial charge in [-0.1, -0.05) is 18.2 Å². The molecule has 2 rings (SSSR count). The number of carbonyl (C=O) groups is 2. The monoisotopic (exact) mass is 245 g/mol. The van der Waals surface area contributed by atoms with Crippen molar-refractivity contribution in [3.8, 4) is 0 Å². The normalized spacial score (nSPS) is 12.3. The molecule has 0 aliphatic rings. The lowest BCUT2D eigenvalue weighted by Crippen LogP contribution is -2.27. The van der Waals surface area contributed by atoms with Gasteiger partial charge in [-0.05, 0) is 26.0 Å². The highest BCUT2D eigenvalue weighted by molar-refractivity contribution is 5.96. The van der Waals surface area contributed by atoms with Crippen LogP contribution in [-0.4, -0.2) is 11.7 Å². The Kier molecular flexibility index (Phi) is 3.46. The van der Waals surface area contributed by atoms with Gasteiger partial charge in [0.05, 0.1) is 12.5 Å². The molecule has 0 saturated carbocycles. The molecule has 1 atom stereocenters. The van der Waals surface area contributed by atoms with Crippen molar-refractivity contribution in [3.05, 3.63) is 36.1 Å². The molecule has 1 unspecified atom stereocenters. The molecule has 94 valence electrons. The van der Waals surface area contributed by atoms with E-state index in [2.05, 4.69) is 5.32 Å². The Labute approximate surface area is 105 Å². The fourth-order valence-corrected chi connectivity index (χ4v) is 1.81. The molecule has 0 fully saturated rings. The number of nitrogens with one attached hydrogen (secondary N) is 1. The number of ketones is 1. The molecule has 0 radical (unpaired) electrons. The fourth-order valence-electron chi connectivity index (χ4n) is 1.81. The Balaban J connectivity index is 2.11. The Morgan fingerprint density at radius 2 is 2.06 bits per heavy atom. The van der Waals surface area contributed by atoms with Crippen LogP contribution in [0.25, 0.3) is 11.0 Å². The van der Waals surface area contributed by atoms with Crippen molar-refractivity contribution in [1.82, 2.24) is 5.32 Å². The summed E-state index contributed by atoms with van der Waals surface area (Å²) >= 11 is 0. The minimum absolute atomic E-state index is 0.0927. The van der Waals surface area contributed by atoms with Crippen LogP contribution in [0.2, 0.25) is 0 Å². The van der Waals surface area contributed by atoms with Crippen LogP contribution in [0.5, 0.6) is 0 Å². The van der Waals surface area contributed by atoms with Crippen molar-refractivity contribution in [1.29, 1.82) is 0 Å². The van der Waals surface area contributed by atoms with Gasteiger partial charge in [0.15, 0.2) is 0 Å². The van der Waals surface area contributed by atoms with Gasteiger partial charge in [0.2, 0.25) is 5.91 Å². The molecular formula is C14H15NO3. The van der Waals surface area contributed by atoms with E-state index in [4.69, 9.17) is 4.42 Å². The average molecular weight is 245 g/mol. The molecule has 1 amide bonds. The van der Waals surface area contributed by atoms with Crippen LogP contribution >= 0.6 is 0 Å². The van der Waals surface area contributed by atoms with Crippen LogP contribution in [0.3, 0.4) is 0 Å². The lowest BCUT2D eigenvalue weighted by atomic mass is 10.2. The third-order valence-electron chi connectivity index (χ3n) is 2.66. The van der Waals surface area contributed by atoms with E-state index >= 15 is 0 Å². The van der Waals surface area contributed by atoms with Crippen molar-refractivity contribution >= 4 is 22.7 Å². The number of hydrogen-bond acceptors (Lipinski definition) is 3. The van der Waals surface area contributed by atoms with Crippen molar-refractivity contribution in [2.45, 2.75) is 26.3 Å². The van der Waals surface area contributed by atoms with Crippen LogP contribution in [-0.2, 0) is 9.59 Å². The first kappa shape index (κ1) is 12.4.